The highest BCUT2D eigenvalue weighted by atomic mass is 32.1. The van der Waals surface area contributed by atoms with Crippen LogP contribution in [0.3, 0.4) is 0 Å². The molecule has 0 unspecified atom stereocenters. The Balaban J connectivity index is 1.42. The molecule has 0 aliphatic carbocycles. The van der Waals surface area contributed by atoms with Crippen LogP contribution in [0.4, 0.5) is 0 Å². The molecule has 8 heteroatoms. The minimum atomic E-state index is -1.10. The number of benzene rings is 2. The molecule has 1 amide bonds. The van der Waals surface area contributed by atoms with Gasteiger partial charge in [0, 0.05) is 0 Å². The first-order valence-electron chi connectivity index (χ1n) is 9.51. The number of carboxylic acids is 1. The molecule has 1 aromatic heterocycles. The maximum atomic E-state index is 12.1. The normalized spacial score (nSPS) is 16.1. The van der Waals surface area contributed by atoms with E-state index < -0.39 is 17.9 Å². The summed E-state index contributed by atoms with van der Waals surface area (Å²) in [5.74, 6) is -0.154. The summed E-state index contributed by atoms with van der Waals surface area (Å²) >= 11 is 1.06. The second-order valence-electron chi connectivity index (χ2n) is 6.95. The molecule has 2 atom stereocenters. The van der Waals surface area contributed by atoms with E-state index in [0.717, 1.165) is 41.1 Å². The fourth-order valence-electron chi connectivity index (χ4n) is 3.17. The van der Waals surface area contributed by atoms with Gasteiger partial charge < -0.3 is 19.9 Å². The van der Waals surface area contributed by atoms with Gasteiger partial charge in [0.1, 0.15) is 28.5 Å². The fraction of sp³-hybridized carbons (Fsp3) is 0.227. The second-order valence-corrected chi connectivity index (χ2v) is 7.94. The maximum absolute atomic E-state index is 12.1. The largest absolute Gasteiger partial charge is 0.485 e. The van der Waals surface area contributed by atoms with Crippen LogP contribution in [-0.4, -0.2) is 28.0 Å². The van der Waals surface area contributed by atoms with E-state index in [1.807, 2.05) is 30.3 Å². The number of carboxylic acid groups (broad SMARTS) is 1. The van der Waals surface area contributed by atoms with E-state index in [1.165, 1.54) is 13.1 Å². The van der Waals surface area contributed by atoms with Gasteiger partial charge in [-0.05, 0) is 49.1 Å². The summed E-state index contributed by atoms with van der Waals surface area (Å²) in [6, 6.07) is 14.8. The number of hydrogen-bond donors (Lipinski definition) is 2. The van der Waals surface area contributed by atoms with E-state index in [9.17, 15) is 9.59 Å². The van der Waals surface area contributed by atoms with Crippen LogP contribution in [0, 0.1) is 0 Å². The number of carbonyl (C=O) groups excluding carboxylic acids is 1. The lowest BCUT2D eigenvalue weighted by Gasteiger charge is -2.26. The van der Waals surface area contributed by atoms with Crippen molar-refractivity contribution in [2.45, 2.75) is 31.9 Å². The molecular formula is C22H20N2O5S. The maximum Gasteiger partial charge on any atom is 0.325 e. The molecule has 2 heterocycles. The molecule has 0 saturated carbocycles. The summed E-state index contributed by atoms with van der Waals surface area (Å²) in [7, 11) is 0. The Bertz CT molecular complexity index is 1070. The fourth-order valence-corrected chi connectivity index (χ4v) is 3.86. The summed E-state index contributed by atoms with van der Waals surface area (Å²) in [5.41, 5.74) is 2.22. The van der Waals surface area contributed by atoms with Crippen molar-refractivity contribution < 1.29 is 24.2 Å². The van der Waals surface area contributed by atoms with Crippen LogP contribution < -0.4 is 14.8 Å². The van der Waals surface area contributed by atoms with Gasteiger partial charge in [-0.2, -0.15) is 0 Å². The molecule has 154 valence electrons. The minimum Gasteiger partial charge on any atom is -0.485 e. The van der Waals surface area contributed by atoms with E-state index in [0.29, 0.717) is 10.9 Å². The number of carbonyl (C=O) groups is 2. The van der Waals surface area contributed by atoms with Crippen molar-refractivity contribution in [2.75, 3.05) is 0 Å². The number of nitrogens with one attached hydrogen (secondary N) is 1. The number of ether oxygens (including phenoxy) is 2. The second kappa shape index (κ2) is 8.54. The summed E-state index contributed by atoms with van der Waals surface area (Å²) < 4.78 is 11.9. The topological polar surface area (TPSA) is 97.8 Å². The molecule has 0 bridgehead atoms. The molecule has 0 fully saturated rings. The number of thiazole rings is 1. The average molecular weight is 424 g/mol. The van der Waals surface area contributed by atoms with Gasteiger partial charge in [-0.25, -0.2) is 4.98 Å². The third kappa shape index (κ3) is 4.44. The lowest BCUT2D eigenvalue weighted by Crippen LogP contribution is -2.37. The third-order valence-corrected chi connectivity index (χ3v) is 5.65. The van der Waals surface area contributed by atoms with E-state index in [4.69, 9.17) is 14.6 Å². The van der Waals surface area contributed by atoms with Gasteiger partial charge in [-0.3, -0.25) is 9.59 Å². The van der Waals surface area contributed by atoms with Crippen molar-refractivity contribution >= 4 is 23.2 Å². The van der Waals surface area contributed by atoms with E-state index >= 15 is 0 Å². The zero-order chi connectivity index (χ0) is 21.1. The van der Waals surface area contributed by atoms with Crippen molar-refractivity contribution in [3.8, 4) is 16.7 Å². The van der Waals surface area contributed by atoms with Crippen LogP contribution in [0.1, 0.15) is 40.2 Å². The predicted molar refractivity (Wildman–Crippen MR) is 111 cm³/mol. The first-order chi connectivity index (χ1) is 14.5. The lowest BCUT2D eigenvalue weighted by molar-refractivity contribution is -0.138. The Morgan fingerprint density at radius 1 is 1.27 bits per heavy atom. The smallest absolute Gasteiger partial charge is 0.325 e. The number of nitrogens with zero attached hydrogens (tertiary/aromatic N) is 1. The Morgan fingerprint density at radius 3 is 2.83 bits per heavy atom. The average Bonchev–Trinajstić information content (AvgIpc) is 3.22. The Morgan fingerprint density at radius 2 is 2.07 bits per heavy atom. The van der Waals surface area contributed by atoms with Gasteiger partial charge in [-0.15, -0.1) is 0 Å². The molecule has 0 spiro atoms. The van der Waals surface area contributed by atoms with Gasteiger partial charge in [0.25, 0.3) is 11.1 Å². The molecule has 7 nitrogen and oxygen atoms in total. The molecule has 30 heavy (non-hydrogen) atoms. The number of rotatable bonds is 6. The van der Waals surface area contributed by atoms with Crippen LogP contribution in [0.2, 0.25) is 0 Å². The minimum absolute atomic E-state index is 0.0405. The molecule has 1 aliphatic rings. The highest BCUT2D eigenvalue weighted by molar-refractivity contribution is 7.15. The van der Waals surface area contributed by atoms with Crippen LogP contribution in [-0.2, 0) is 11.2 Å². The predicted octanol–water partition coefficient (Wildman–Crippen LogP) is 4.20. The highest BCUT2D eigenvalue weighted by Gasteiger charge is 2.22. The van der Waals surface area contributed by atoms with E-state index in [-0.39, 0.29) is 11.0 Å². The number of hydrogen-bond acceptors (Lipinski definition) is 6. The van der Waals surface area contributed by atoms with Crippen molar-refractivity contribution in [3.63, 3.8) is 0 Å². The molecule has 2 aromatic carbocycles. The zero-order valence-corrected chi connectivity index (χ0v) is 17.0. The standard InChI is InChI=1S/C22H20N2O5S/c1-13(21(26)27)24-20(25)19-12-23-22(30-19)28-16-8-10-18-15(11-16)7-9-17(29-18)14-5-3-2-4-6-14/h2-6,8,10-13,17H,7,9H2,1H3,(H,24,25)(H,26,27)/t13-,17-/m0/s1. The number of aliphatic carboxylic acids is 1. The third-order valence-electron chi connectivity index (χ3n) is 4.78. The Kier molecular flexibility index (Phi) is 5.67. The van der Waals surface area contributed by atoms with Gasteiger partial charge >= 0.3 is 5.97 Å². The first-order valence-corrected chi connectivity index (χ1v) is 10.3. The van der Waals surface area contributed by atoms with Crippen molar-refractivity contribution in [3.05, 3.63) is 70.7 Å². The quantitative estimate of drug-likeness (QED) is 0.615. The van der Waals surface area contributed by atoms with E-state index in [2.05, 4.69) is 22.4 Å². The van der Waals surface area contributed by atoms with Gasteiger partial charge in [-0.1, -0.05) is 41.7 Å². The summed E-state index contributed by atoms with van der Waals surface area (Å²) in [5, 5.41) is 11.6. The Labute approximate surface area is 177 Å². The SMILES string of the molecule is C[C@H](NC(=O)c1cnc(Oc2ccc3c(c2)CC[C@@H](c2ccccc2)O3)s1)C(=O)O. The monoisotopic (exact) mass is 424 g/mol. The Hall–Kier alpha value is -3.39. The van der Waals surface area contributed by atoms with Crippen LogP contribution in [0.5, 0.6) is 16.7 Å². The lowest BCUT2D eigenvalue weighted by atomic mass is 9.97. The molecule has 1 aliphatic heterocycles. The number of fused-ring (bicyclic) bond motifs is 1. The first kappa shape index (κ1) is 19.9. The summed E-state index contributed by atoms with van der Waals surface area (Å²) in [6.07, 6.45) is 3.16. The number of amides is 1. The van der Waals surface area contributed by atoms with Gasteiger partial charge in [0.05, 0.1) is 6.20 Å². The molecule has 0 radical (unpaired) electrons. The van der Waals surface area contributed by atoms with Gasteiger partial charge in [0.15, 0.2) is 0 Å². The molecule has 0 saturated heterocycles. The molecule has 3 aromatic rings. The van der Waals surface area contributed by atoms with Crippen LogP contribution in [0.25, 0.3) is 0 Å². The molecule has 4 rings (SSSR count). The molecule has 2 N–H and O–H groups in total. The van der Waals surface area contributed by atoms with Crippen LogP contribution >= 0.6 is 11.3 Å². The van der Waals surface area contributed by atoms with Crippen LogP contribution in [0.15, 0.2) is 54.7 Å². The summed E-state index contributed by atoms with van der Waals surface area (Å²) in [6.45, 7) is 1.40. The van der Waals surface area contributed by atoms with Crippen molar-refractivity contribution in [1.29, 1.82) is 0 Å². The number of aromatic nitrogens is 1. The highest BCUT2D eigenvalue weighted by Crippen LogP contribution is 2.38. The van der Waals surface area contributed by atoms with Gasteiger partial charge in [0.2, 0.25) is 0 Å². The van der Waals surface area contributed by atoms with Crippen molar-refractivity contribution in [2.24, 2.45) is 0 Å². The van der Waals surface area contributed by atoms with Crippen molar-refractivity contribution in [1.82, 2.24) is 10.3 Å². The number of aryl methyl sites for hydroxylation is 1. The van der Waals surface area contributed by atoms with E-state index in [1.54, 1.807) is 6.07 Å². The molecular weight excluding hydrogens is 404 g/mol. The zero-order valence-electron chi connectivity index (χ0n) is 16.2. The summed E-state index contributed by atoms with van der Waals surface area (Å²) in [4.78, 5) is 27.3.